The predicted molar refractivity (Wildman–Crippen MR) is 79.4 cm³/mol. The van der Waals surface area contributed by atoms with Crippen molar-refractivity contribution in [1.82, 2.24) is 5.32 Å². The summed E-state index contributed by atoms with van der Waals surface area (Å²) in [4.78, 5) is 11.8. The smallest absolute Gasteiger partial charge is 0.310 e. The summed E-state index contributed by atoms with van der Waals surface area (Å²) >= 11 is 0. The molecule has 0 bridgehead atoms. The van der Waals surface area contributed by atoms with E-state index in [2.05, 4.69) is 5.32 Å². The molecule has 1 atom stereocenters. The predicted octanol–water partition coefficient (Wildman–Crippen LogP) is 2.38. The third kappa shape index (κ3) is 7.26. The Morgan fingerprint density at radius 3 is 2.55 bits per heavy atom. The minimum Gasteiger partial charge on any atom is -0.461 e. The highest BCUT2D eigenvalue weighted by molar-refractivity contribution is 5.72. The number of carbonyl (C=O) groups excluding carboxylic acids is 1. The fraction of sp³-hybridized carbons (Fsp3) is 0.562. The number of hydrogen-bond acceptors (Lipinski definition) is 4. The molecular weight excluding hydrogens is 254 g/mol. The van der Waals surface area contributed by atoms with E-state index >= 15 is 0 Å². The van der Waals surface area contributed by atoms with E-state index in [0.29, 0.717) is 19.8 Å². The van der Waals surface area contributed by atoms with Gasteiger partial charge in [0.2, 0.25) is 0 Å². The maximum absolute atomic E-state index is 11.8. The molecule has 0 spiro atoms. The summed E-state index contributed by atoms with van der Waals surface area (Å²) in [5, 5.41) is 3.19. The van der Waals surface area contributed by atoms with E-state index in [0.717, 1.165) is 12.1 Å². The van der Waals surface area contributed by atoms with Crippen molar-refractivity contribution in [3.05, 3.63) is 35.9 Å². The molecule has 0 aliphatic rings. The molecule has 0 aromatic heterocycles. The van der Waals surface area contributed by atoms with Gasteiger partial charge >= 0.3 is 5.97 Å². The topological polar surface area (TPSA) is 47.6 Å². The van der Waals surface area contributed by atoms with E-state index < -0.39 is 0 Å². The molecule has 0 heterocycles. The summed E-state index contributed by atoms with van der Waals surface area (Å²) in [5.74, 6) is -0.330. The minimum atomic E-state index is -0.175. The standard InChI is InChI=1S/C16H25NO3/c1-13(2)19-10-9-17-11-14(3)16(18)20-12-15-7-5-4-6-8-15/h4-8,13-14,17H,9-12H2,1-3H3. The second-order valence-electron chi connectivity index (χ2n) is 5.12. The van der Waals surface area contributed by atoms with E-state index in [-0.39, 0.29) is 18.0 Å². The lowest BCUT2D eigenvalue weighted by atomic mass is 10.2. The average molecular weight is 279 g/mol. The molecule has 112 valence electrons. The van der Waals surface area contributed by atoms with Gasteiger partial charge < -0.3 is 14.8 Å². The zero-order chi connectivity index (χ0) is 14.8. The Balaban J connectivity index is 2.13. The molecule has 0 amide bonds. The molecule has 0 saturated carbocycles. The summed E-state index contributed by atoms with van der Waals surface area (Å²) in [5.41, 5.74) is 1.01. The minimum absolute atomic E-state index is 0.155. The molecular formula is C16H25NO3. The van der Waals surface area contributed by atoms with E-state index in [1.807, 2.05) is 51.1 Å². The summed E-state index contributed by atoms with van der Waals surface area (Å²) in [7, 11) is 0. The number of hydrogen-bond donors (Lipinski definition) is 1. The van der Waals surface area contributed by atoms with Crippen LogP contribution in [-0.4, -0.2) is 31.8 Å². The maximum Gasteiger partial charge on any atom is 0.310 e. The van der Waals surface area contributed by atoms with Crippen molar-refractivity contribution in [1.29, 1.82) is 0 Å². The molecule has 4 nitrogen and oxygen atoms in total. The highest BCUT2D eigenvalue weighted by atomic mass is 16.5. The van der Waals surface area contributed by atoms with Crippen LogP contribution in [0, 0.1) is 5.92 Å². The van der Waals surface area contributed by atoms with Gasteiger partial charge in [-0.05, 0) is 19.4 Å². The van der Waals surface area contributed by atoms with Crippen molar-refractivity contribution < 1.29 is 14.3 Å². The molecule has 1 N–H and O–H groups in total. The van der Waals surface area contributed by atoms with Crippen LogP contribution >= 0.6 is 0 Å². The van der Waals surface area contributed by atoms with Crippen molar-refractivity contribution in [2.45, 2.75) is 33.5 Å². The number of nitrogens with one attached hydrogen (secondary N) is 1. The Kier molecular flexibility index (Phi) is 7.92. The van der Waals surface area contributed by atoms with Crippen molar-refractivity contribution in [2.24, 2.45) is 5.92 Å². The van der Waals surface area contributed by atoms with E-state index in [9.17, 15) is 4.79 Å². The molecule has 0 aliphatic heterocycles. The van der Waals surface area contributed by atoms with E-state index in [1.165, 1.54) is 0 Å². The van der Waals surface area contributed by atoms with Gasteiger partial charge in [-0.2, -0.15) is 0 Å². The maximum atomic E-state index is 11.8. The van der Waals surface area contributed by atoms with Gasteiger partial charge in [-0.25, -0.2) is 0 Å². The molecule has 0 fully saturated rings. The van der Waals surface area contributed by atoms with Crippen molar-refractivity contribution in [3.63, 3.8) is 0 Å². The van der Waals surface area contributed by atoms with Gasteiger partial charge in [0.15, 0.2) is 0 Å². The van der Waals surface area contributed by atoms with Crippen LogP contribution < -0.4 is 5.32 Å². The Bertz CT molecular complexity index is 379. The highest BCUT2D eigenvalue weighted by Gasteiger charge is 2.13. The second kappa shape index (κ2) is 9.50. The molecule has 0 radical (unpaired) electrons. The molecule has 0 aliphatic carbocycles. The van der Waals surface area contributed by atoms with Crippen LogP contribution in [0.25, 0.3) is 0 Å². The van der Waals surface area contributed by atoms with Gasteiger partial charge in [-0.3, -0.25) is 4.79 Å². The summed E-state index contributed by atoms with van der Waals surface area (Å²) in [6.07, 6.45) is 0.241. The van der Waals surface area contributed by atoms with Gasteiger partial charge in [-0.1, -0.05) is 37.3 Å². The second-order valence-corrected chi connectivity index (χ2v) is 5.12. The third-order valence-electron chi connectivity index (χ3n) is 2.81. The van der Waals surface area contributed by atoms with Crippen molar-refractivity contribution in [2.75, 3.05) is 19.7 Å². The zero-order valence-corrected chi connectivity index (χ0v) is 12.6. The van der Waals surface area contributed by atoms with E-state index in [4.69, 9.17) is 9.47 Å². The van der Waals surface area contributed by atoms with E-state index in [1.54, 1.807) is 0 Å². The third-order valence-corrected chi connectivity index (χ3v) is 2.81. The largest absolute Gasteiger partial charge is 0.461 e. The molecule has 0 saturated heterocycles. The first-order valence-corrected chi connectivity index (χ1v) is 7.12. The first kappa shape index (κ1) is 16.7. The van der Waals surface area contributed by atoms with Crippen LogP contribution in [0.5, 0.6) is 0 Å². The number of carbonyl (C=O) groups is 1. The number of ether oxygens (including phenoxy) is 2. The summed E-state index contributed by atoms with van der Waals surface area (Å²) < 4.78 is 10.7. The lowest BCUT2D eigenvalue weighted by molar-refractivity contribution is -0.149. The first-order chi connectivity index (χ1) is 9.59. The molecule has 1 aromatic carbocycles. The van der Waals surface area contributed by atoms with Gasteiger partial charge in [0, 0.05) is 13.1 Å². The monoisotopic (exact) mass is 279 g/mol. The van der Waals surface area contributed by atoms with Gasteiger partial charge in [0.1, 0.15) is 6.61 Å². The van der Waals surface area contributed by atoms with Gasteiger partial charge in [0.25, 0.3) is 0 Å². The highest BCUT2D eigenvalue weighted by Crippen LogP contribution is 2.04. The average Bonchev–Trinajstić information content (AvgIpc) is 2.45. The SMILES string of the molecule is CC(C)OCCNCC(C)C(=O)OCc1ccccc1. The molecule has 4 heteroatoms. The fourth-order valence-electron chi connectivity index (χ4n) is 1.64. The quantitative estimate of drug-likeness (QED) is 0.557. The van der Waals surface area contributed by atoms with Gasteiger partial charge in [-0.15, -0.1) is 0 Å². The van der Waals surface area contributed by atoms with Gasteiger partial charge in [0.05, 0.1) is 18.6 Å². The lowest BCUT2D eigenvalue weighted by Crippen LogP contribution is -2.30. The van der Waals surface area contributed by atoms with Crippen LogP contribution in [0.15, 0.2) is 30.3 Å². The fourth-order valence-corrected chi connectivity index (χ4v) is 1.64. The number of rotatable bonds is 9. The Labute approximate surface area is 121 Å². The first-order valence-electron chi connectivity index (χ1n) is 7.12. The van der Waals surface area contributed by atoms with Crippen LogP contribution in [-0.2, 0) is 20.9 Å². The number of benzene rings is 1. The lowest BCUT2D eigenvalue weighted by Gasteiger charge is -2.13. The summed E-state index contributed by atoms with van der Waals surface area (Å²) in [6, 6.07) is 9.70. The van der Waals surface area contributed by atoms with Crippen molar-refractivity contribution >= 4 is 5.97 Å². The summed E-state index contributed by atoms with van der Waals surface area (Å²) in [6.45, 7) is 8.21. The zero-order valence-electron chi connectivity index (χ0n) is 12.6. The molecule has 20 heavy (non-hydrogen) atoms. The van der Waals surface area contributed by atoms with Crippen LogP contribution in [0.4, 0.5) is 0 Å². The van der Waals surface area contributed by atoms with Crippen LogP contribution in [0.1, 0.15) is 26.3 Å². The molecule has 1 unspecified atom stereocenters. The Morgan fingerprint density at radius 1 is 1.20 bits per heavy atom. The van der Waals surface area contributed by atoms with Crippen molar-refractivity contribution in [3.8, 4) is 0 Å². The molecule has 1 aromatic rings. The Morgan fingerprint density at radius 2 is 1.90 bits per heavy atom. The normalized spacial score (nSPS) is 12.4. The number of esters is 1. The van der Waals surface area contributed by atoms with Crippen LogP contribution in [0.3, 0.4) is 0 Å². The molecule has 1 rings (SSSR count). The Hall–Kier alpha value is -1.39. The van der Waals surface area contributed by atoms with Crippen LogP contribution in [0.2, 0.25) is 0 Å².